The summed E-state index contributed by atoms with van der Waals surface area (Å²) < 4.78 is 5.66. The molecule has 0 saturated heterocycles. The highest BCUT2D eigenvalue weighted by molar-refractivity contribution is 5.69. The van der Waals surface area contributed by atoms with E-state index in [9.17, 15) is 9.59 Å². The van der Waals surface area contributed by atoms with Crippen molar-refractivity contribution in [2.45, 2.75) is 168 Å². The highest BCUT2D eigenvalue weighted by Gasteiger charge is 2.15. The summed E-state index contributed by atoms with van der Waals surface area (Å²) in [6.07, 6.45) is 29.3. The van der Waals surface area contributed by atoms with Crippen LogP contribution in [0.15, 0.2) is 12.2 Å². The summed E-state index contributed by atoms with van der Waals surface area (Å²) in [6, 6.07) is 0. The van der Waals surface area contributed by atoms with Crippen molar-refractivity contribution >= 4 is 11.9 Å². The van der Waals surface area contributed by atoms with E-state index >= 15 is 0 Å². The van der Waals surface area contributed by atoms with Gasteiger partial charge in [0, 0.05) is 12.8 Å². The Bertz CT molecular complexity index is 486. The third-order valence-electron chi connectivity index (χ3n) is 6.50. The van der Waals surface area contributed by atoms with Crippen LogP contribution in [0.1, 0.15) is 162 Å². The topological polar surface area (TPSA) is 63.6 Å². The Kier molecular flexibility index (Phi) is 25.3. The van der Waals surface area contributed by atoms with Crippen LogP contribution in [0.3, 0.4) is 0 Å². The molecule has 0 amide bonds. The van der Waals surface area contributed by atoms with Gasteiger partial charge in [0.25, 0.3) is 0 Å². The normalized spacial score (nSPS) is 12.3. The molecule has 1 atom stereocenters. The van der Waals surface area contributed by atoms with Crippen molar-refractivity contribution in [1.29, 1.82) is 0 Å². The van der Waals surface area contributed by atoms with Crippen molar-refractivity contribution in [1.82, 2.24) is 0 Å². The molecule has 0 spiro atoms. The average molecular weight is 481 g/mol. The highest BCUT2D eigenvalue weighted by Crippen LogP contribution is 2.17. The number of carboxylic acids is 1. The lowest BCUT2D eigenvalue weighted by molar-refractivity contribution is -0.151. The Labute approximate surface area is 211 Å². The van der Waals surface area contributed by atoms with Crippen LogP contribution in [-0.2, 0) is 14.3 Å². The molecule has 0 aliphatic heterocycles. The Morgan fingerprint density at radius 1 is 0.618 bits per heavy atom. The zero-order chi connectivity index (χ0) is 25.1. The van der Waals surface area contributed by atoms with E-state index in [-0.39, 0.29) is 18.5 Å². The molecule has 0 radical (unpaired) electrons. The predicted octanol–water partition coefficient (Wildman–Crippen LogP) is 9.55. The summed E-state index contributed by atoms with van der Waals surface area (Å²) in [6.45, 7) is 4.47. The Balaban J connectivity index is 3.82. The van der Waals surface area contributed by atoms with Crippen molar-refractivity contribution in [2.24, 2.45) is 0 Å². The summed E-state index contributed by atoms with van der Waals surface area (Å²) in [5.41, 5.74) is 0. The van der Waals surface area contributed by atoms with Crippen LogP contribution < -0.4 is 0 Å². The number of ether oxygens (including phenoxy) is 1. The summed E-state index contributed by atoms with van der Waals surface area (Å²) >= 11 is 0. The number of unbranched alkanes of at least 4 members (excludes halogenated alkanes) is 16. The van der Waals surface area contributed by atoms with Gasteiger partial charge < -0.3 is 9.84 Å². The molecule has 0 aromatic rings. The Morgan fingerprint density at radius 3 is 1.71 bits per heavy atom. The van der Waals surface area contributed by atoms with E-state index in [0.717, 1.165) is 32.1 Å². The first kappa shape index (κ1) is 32.7. The van der Waals surface area contributed by atoms with Gasteiger partial charge in [0.2, 0.25) is 0 Å². The Morgan fingerprint density at radius 2 is 1.12 bits per heavy atom. The van der Waals surface area contributed by atoms with Gasteiger partial charge in [0.05, 0.1) is 0 Å². The lowest BCUT2D eigenvalue weighted by atomic mass is 10.0. The number of carbonyl (C=O) groups is 2. The van der Waals surface area contributed by atoms with Crippen molar-refractivity contribution in [3.63, 3.8) is 0 Å². The molecular formula is C30H56O4. The molecule has 4 heteroatoms. The molecule has 0 aliphatic rings. The van der Waals surface area contributed by atoms with E-state index < -0.39 is 5.97 Å². The smallest absolute Gasteiger partial charge is 0.306 e. The van der Waals surface area contributed by atoms with E-state index in [2.05, 4.69) is 26.0 Å². The molecular weight excluding hydrogens is 424 g/mol. The molecule has 0 aromatic carbocycles. The maximum atomic E-state index is 12.3. The minimum Gasteiger partial charge on any atom is -0.481 e. The second-order valence-corrected chi connectivity index (χ2v) is 9.94. The van der Waals surface area contributed by atoms with Crippen LogP contribution in [0.25, 0.3) is 0 Å². The molecule has 0 heterocycles. The molecule has 200 valence electrons. The number of carbonyl (C=O) groups excluding carboxylic acids is 1. The fourth-order valence-corrected chi connectivity index (χ4v) is 4.27. The second kappa shape index (κ2) is 26.3. The van der Waals surface area contributed by atoms with Gasteiger partial charge >= 0.3 is 11.9 Å². The van der Waals surface area contributed by atoms with Crippen molar-refractivity contribution < 1.29 is 19.4 Å². The summed E-state index contributed by atoms with van der Waals surface area (Å²) in [7, 11) is 0. The first-order valence-electron chi connectivity index (χ1n) is 14.7. The second-order valence-electron chi connectivity index (χ2n) is 9.94. The SMILES string of the molecule is CCCC/C=C\CCCCCCCCC(=O)OC(CCCCCCCCCCC)CCC(=O)O. The van der Waals surface area contributed by atoms with Crippen LogP contribution in [0.4, 0.5) is 0 Å². The minimum absolute atomic E-state index is 0.0726. The van der Waals surface area contributed by atoms with Gasteiger partial charge in [-0.1, -0.05) is 116 Å². The van der Waals surface area contributed by atoms with Gasteiger partial charge in [-0.2, -0.15) is 0 Å². The summed E-state index contributed by atoms with van der Waals surface area (Å²) in [5.74, 6) is -0.965. The zero-order valence-electron chi connectivity index (χ0n) is 22.7. The first-order chi connectivity index (χ1) is 16.6. The van der Waals surface area contributed by atoms with Crippen molar-refractivity contribution in [2.75, 3.05) is 0 Å². The third-order valence-corrected chi connectivity index (χ3v) is 6.50. The number of aliphatic carboxylic acids is 1. The minimum atomic E-state index is -0.815. The third kappa shape index (κ3) is 25.3. The largest absolute Gasteiger partial charge is 0.481 e. The lowest BCUT2D eigenvalue weighted by Crippen LogP contribution is -2.19. The van der Waals surface area contributed by atoms with Crippen LogP contribution in [0.2, 0.25) is 0 Å². The fourth-order valence-electron chi connectivity index (χ4n) is 4.27. The number of allylic oxidation sites excluding steroid dienone is 2. The summed E-state index contributed by atoms with van der Waals surface area (Å²) in [5, 5.41) is 9.01. The molecule has 1 N–H and O–H groups in total. The van der Waals surface area contributed by atoms with E-state index in [1.54, 1.807) is 0 Å². The molecule has 0 rings (SSSR count). The maximum Gasteiger partial charge on any atom is 0.306 e. The molecule has 0 aliphatic carbocycles. The molecule has 0 aromatic heterocycles. The Hall–Kier alpha value is -1.32. The van der Waals surface area contributed by atoms with Gasteiger partial charge in [-0.25, -0.2) is 0 Å². The molecule has 0 saturated carbocycles. The van der Waals surface area contributed by atoms with Crippen LogP contribution in [-0.4, -0.2) is 23.1 Å². The van der Waals surface area contributed by atoms with E-state index in [0.29, 0.717) is 12.8 Å². The number of rotatable bonds is 26. The fraction of sp³-hybridized carbons (Fsp3) is 0.867. The van der Waals surface area contributed by atoms with E-state index in [1.165, 1.54) is 96.3 Å². The molecule has 34 heavy (non-hydrogen) atoms. The van der Waals surface area contributed by atoms with E-state index in [4.69, 9.17) is 9.84 Å². The predicted molar refractivity (Wildman–Crippen MR) is 144 cm³/mol. The number of hydrogen-bond acceptors (Lipinski definition) is 3. The molecule has 0 fully saturated rings. The van der Waals surface area contributed by atoms with Gasteiger partial charge in [0.15, 0.2) is 0 Å². The van der Waals surface area contributed by atoms with Crippen molar-refractivity contribution in [3.05, 3.63) is 12.2 Å². The van der Waals surface area contributed by atoms with Crippen LogP contribution in [0, 0.1) is 0 Å². The lowest BCUT2D eigenvalue weighted by Gasteiger charge is -2.17. The van der Waals surface area contributed by atoms with Gasteiger partial charge in [-0.05, 0) is 44.9 Å². The van der Waals surface area contributed by atoms with Crippen molar-refractivity contribution in [3.8, 4) is 0 Å². The quantitative estimate of drug-likeness (QED) is 0.0760. The standard InChI is InChI=1S/C30H56O4/c1-3-5-7-9-11-13-14-15-17-19-21-23-25-30(33)34-28(26-27-29(31)32)24-22-20-18-16-12-10-8-6-4-2/h9,11,28H,3-8,10,12-27H2,1-2H3,(H,31,32)/b11-9-. The maximum absolute atomic E-state index is 12.3. The molecule has 0 bridgehead atoms. The van der Waals surface area contributed by atoms with Gasteiger partial charge in [-0.3, -0.25) is 9.59 Å². The average Bonchev–Trinajstić information content (AvgIpc) is 2.81. The van der Waals surface area contributed by atoms with Crippen LogP contribution >= 0.6 is 0 Å². The zero-order valence-corrected chi connectivity index (χ0v) is 22.7. The number of esters is 1. The monoisotopic (exact) mass is 480 g/mol. The number of carboxylic acid groups (broad SMARTS) is 1. The molecule has 1 unspecified atom stereocenters. The van der Waals surface area contributed by atoms with Gasteiger partial charge in [-0.15, -0.1) is 0 Å². The summed E-state index contributed by atoms with van der Waals surface area (Å²) in [4.78, 5) is 23.2. The molecule has 4 nitrogen and oxygen atoms in total. The highest BCUT2D eigenvalue weighted by atomic mass is 16.5. The van der Waals surface area contributed by atoms with Crippen LogP contribution in [0.5, 0.6) is 0 Å². The van der Waals surface area contributed by atoms with Gasteiger partial charge in [0.1, 0.15) is 6.10 Å². The number of hydrogen-bond donors (Lipinski definition) is 1. The van der Waals surface area contributed by atoms with E-state index in [1.807, 2.05) is 0 Å². The first-order valence-corrected chi connectivity index (χ1v) is 14.7.